The molecule has 0 radical (unpaired) electrons. The summed E-state index contributed by atoms with van der Waals surface area (Å²) in [6, 6.07) is 6.01. The van der Waals surface area contributed by atoms with Crippen LogP contribution >= 0.6 is 0 Å². The van der Waals surface area contributed by atoms with Crippen molar-refractivity contribution >= 4 is 5.91 Å². The zero-order valence-electron chi connectivity index (χ0n) is 10.8. The van der Waals surface area contributed by atoms with Crippen molar-refractivity contribution in [3.05, 3.63) is 34.9 Å². The first kappa shape index (κ1) is 12.7. The highest BCUT2D eigenvalue weighted by Gasteiger charge is 2.34. The fraction of sp³-hybridized carbons (Fsp3) is 0.400. The van der Waals surface area contributed by atoms with Crippen LogP contribution in [0, 0.1) is 24.7 Å². The maximum atomic E-state index is 12.1. The maximum absolute atomic E-state index is 12.1. The van der Waals surface area contributed by atoms with E-state index in [-0.39, 0.29) is 5.91 Å². The molecule has 1 saturated carbocycles. The van der Waals surface area contributed by atoms with Crippen molar-refractivity contribution in [3.8, 4) is 11.8 Å². The number of hydrogen-bond donors (Lipinski definition) is 2. The second-order valence-corrected chi connectivity index (χ2v) is 4.85. The van der Waals surface area contributed by atoms with Gasteiger partial charge >= 0.3 is 0 Å². The Bertz CT molecular complexity index is 525. The summed E-state index contributed by atoms with van der Waals surface area (Å²) in [5, 5.41) is 3.02. The van der Waals surface area contributed by atoms with Gasteiger partial charge in [0.2, 0.25) is 0 Å². The van der Waals surface area contributed by atoms with Gasteiger partial charge in [-0.25, -0.2) is 0 Å². The summed E-state index contributed by atoms with van der Waals surface area (Å²) >= 11 is 0. The molecule has 3 heteroatoms. The molecule has 1 fully saturated rings. The number of amides is 1. The molecular formula is C15H18N2O. The van der Waals surface area contributed by atoms with Crippen molar-refractivity contribution in [3.63, 3.8) is 0 Å². The number of benzene rings is 1. The van der Waals surface area contributed by atoms with E-state index in [9.17, 15) is 4.79 Å². The molecule has 1 aliphatic rings. The molecule has 1 aromatic carbocycles. The first-order chi connectivity index (χ1) is 8.61. The minimum atomic E-state index is -0.0364. The quantitative estimate of drug-likeness (QED) is 0.771. The molecule has 1 amide bonds. The molecule has 0 bridgehead atoms. The Labute approximate surface area is 108 Å². The van der Waals surface area contributed by atoms with Gasteiger partial charge in [0.25, 0.3) is 5.91 Å². The number of hydrogen-bond acceptors (Lipinski definition) is 2. The smallest absolute Gasteiger partial charge is 0.252 e. The van der Waals surface area contributed by atoms with E-state index in [4.69, 9.17) is 5.73 Å². The predicted octanol–water partition coefficient (Wildman–Crippen LogP) is 1.44. The highest BCUT2D eigenvalue weighted by Crippen LogP contribution is 2.29. The van der Waals surface area contributed by atoms with E-state index >= 15 is 0 Å². The SMILES string of the molecule is Cc1ccc(C(=O)NC2CC2C)c(C#CCN)c1. The molecule has 1 aliphatic carbocycles. The topological polar surface area (TPSA) is 55.1 Å². The molecule has 0 heterocycles. The van der Waals surface area contributed by atoms with Gasteiger partial charge in [0, 0.05) is 11.6 Å². The standard InChI is InChI=1S/C15H18N2O/c1-10-5-6-13(12(8-10)4-3-7-16)15(18)17-14-9-11(14)2/h5-6,8,11,14H,7,9,16H2,1-2H3,(H,17,18). The van der Waals surface area contributed by atoms with E-state index in [1.54, 1.807) is 0 Å². The highest BCUT2D eigenvalue weighted by atomic mass is 16.1. The van der Waals surface area contributed by atoms with Crippen molar-refractivity contribution in [2.24, 2.45) is 11.7 Å². The normalized spacial score (nSPS) is 20.8. The van der Waals surface area contributed by atoms with Crippen molar-refractivity contribution in [1.82, 2.24) is 5.32 Å². The summed E-state index contributed by atoms with van der Waals surface area (Å²) in [6.07, 6.45) is 1.07. The van der Waals surface area contributed by atoms with Gasteiger partial charge in [0.05, 0.1) is 12.1 Å². The molecule has 18 heavy (non-hydrogen) atoms. The van der Waals surface area contributed by atoms with Gasteiger partial charge in [0.15, 0.2) is 0 Å². The first-order valence-electron chi connectivity index (χ1n) is 6.22. The summed E-state index contributed by atoms with van der Waals surface area (Å²) in [4.78, 5) is 12.1. The van der Waals surface area contributed by atoms with Crippen molar-refractivity contribution in [1.29, 1.82) is 0 Å². The average molecular weight is 242 g/mol. The fourth-order valence-electron chi connectivity index (χ4n) is 1.88. The van der Waals surface area contributed by atoms with Gasteiger partial charge in [-0.2, -0.15) is 0 Å². The highest BCUT2D eigenvalue weighted by molar-refractivity contribution is 5.97. The molecule has 2 unspecified atom stereocenters. The van der Waals surface area contributed by atoms with Crippen LogP contribution in [0.5, 0.6) is 0 Å². The van der Waals surface area contributed by atoms with E-state index in [1.165, 1.54) is 0 Å². The lowest BCUT2D eigenvalue weighted by atomic mass is 10.0. The van der Waals surface area contributed by atoms with Gasteiger partial charge in [-0.1, -0.05) is 24.8 Å². The Hall–Kier alpha value is -1.79. The van der Waals surface area contributed by atoms with E-state index in [0.29, 0.717) is 24.1 Å². The van der Waals surface area contributed by atoms with Crippen molar-refractivity contribution in [2.45, 2.75) is 26.3 Å². The summed E-state index contributed by atoms with van der Waals surface area (Å²) < 4.78 is 0. The lowest BCUT2D eigenvalue weighted by molar-refractivity contribution is 0.0949. The molecule has 1 aromatic rings. The second-order valence-electron chi connectivity index (χ2n) is 4.85. The summed E-state index contributed by atoms with van der Waals surface area (Å²) in [7, 11) is 0. The zero-order valence-corrected chi connectivity index (χ0v) is 10.8. The third-order valence-electron chi connectivity index (χ3n) is 3.17. The van der Waals surface area contributed by atoms with Crippen LogP contribution in [0.3, 0.4) is 0 Å². The molecule has 2 atom stereocenters. The Morgan fingerprint density at radius 2 is 2.28 bits per heavy atom. The zero-order chi connectivity index (χ0) is 13.1. The van der Waals surface area contributed by atoms with Crippen LogP contribution in [-0.2, 0) is 0 Å². The van der Waals surface area contributed by atoms with Crippen LogP contribution < -0.4 is 11.1 Å². The van der Waals surface area contributed by atoms with Crippen molar-refractivity contribution < 1.29 is 4.79 Å². The number of rotatable bonds is 2. The number of aryl methyl sites for hydroxylation is 1. The Morgan fingerprint density at radius 3 is 2.89 bits per heavy atom. The lowest BCUT2D eigenvalue weighted by Crippen LogP contribution is -2.27. The van der Waals surface area contributed by atoms with Crippen LogP contribution in [-0.4, -0.2) is 18.5 Å². The summed E-state index contributed by atoms with van der Waals surface area (Å²) in [5.74, 6) is 6.33. The van der Waals surface area contributed by atoms with E-state index in [0.717, 1.165) is 17.5 Å². The minimum Gasteiger partial charge on any atom is -0.349 e. The largest absolute Gasteiger partial charge is 0.349 e. The van der Waals surface area contributed by atoms with Gasteiger partial charge in [0.1, 0.15) is 0 Å². The van der Waals surface area contributed by atoms with E-state index in [2.05, 4.69) is 24.1 Å². The maximum Gasteiger partial charge on any atom is 0.252 e. The van der Waals surface area contributed by atoms with Crippen LogP contribution in [0.2, 0.25) is 0 Å². The van der Waals surface area contributed by atoms with Gasteiger partial charge in [-0.3, -0.25) is 4.79 Å². The molecule has 0 aromatic heterocycles. The van der Waals surface area contributed by atoms with Crippen LogP contribution in [0.25, 0.3) is 0 Å². The molecule has 0 spiro atoms. The van der Waals surface area contributed by atoms with Gasteiger partial charge < -0.3 is 11.1 Å². The molecule has 0 aliphatic heterocycles. The summed E-state index contributed by atoms with van der Waals surface area (Å²) in [5.41, 5.74) is 7.86. The van der Waals surface area contributed by atoms with Crippen LogP contribution in [0.4, 0.5) is 0 Å². The predicted molar refractivity (Wildman–Crippen MR) is 72.1 cm³/mol. The molecule has 0 saturated heterocycles. The Balaban J connectivity index is 2.22. The Morgan fingerprint density at radius 1 is 1.56 bits per heavy atom. The molecule has 3 N–H and O–H groups in total. The van der Waals surface area contributed by atoms with Gasteiger partial charge in [-0.05, 0) is 37.0 Å². The molecule has 2 rings (SSSR count). The average Bonchev–Trinajstić information content (AvgIpc) is 3.02. The van der Waals surface area contributed by atoms with E-state index in [1.807, 2.05) is 25.1 Å². The van der Waals surface area contributed by atoms with Crippen LogP contribution in [0.15, 0.2) is 18.2 Å². The number of nitrogens with two attached hydrogens (primary N) is 1. The third kappa shape index (κ3) is 2.91. The van der Waals surface area contributed by atoms with Crippen LogP contribution in [0.1, 0.15) is 34.8 Å². The summed E-state index contributed by atoms with van der Waals surface area (Å²) in [6.45, 7) is 4.42. The van der Waals surface area contributed by atoms with E-state index < -0.39 is 0 Å². The molecule has 3 nitrogen and oxygen atoms in total. The molecular weight excluding hydrogens is 224 g/mol. The van der Waals surface area contributed by atoms with Crippen molar-refractivity contribution in [2.75, 3.05) is 6.54 Å². The molecule has 94 valence electrons. The second kappa shape index (κ2) is 5.24. The number of carbonyl (C=O) groups excluding carboxylic acids is 1. The fourth-order valence-corrected chi connectivity index (χ4v) is 1.88. The lowest BCUT2D eigenvalue weighted by Gasteiger charge is -2.07. The van der Waals surface area contributed by atoms with Gasteiger partial charge in [-0.15, -0.1) is 0 Å². The Kier molecular flexibility index (Phi) is 3.69. The number of nitrogens with one attached hydrogen (secondary N) is 1. The third-order valence-corrected chi connectivity index (χ3v) is 3.17. The number of carbonyl (C=O) groups is 1. The first-order valence-corrected chi connectivity index (χ1v) is 6.22. The monoisotopic (exact) mass is 242 g/mol. The minimum absolute atomic E-state index is 0.0364.